The number of esters is 1. The van der Waals surface area contributed by atoms with E-state index in [1.165, 1.54) is 24.3 Å². The normalized spacial score (nSPS) is 13.1. The number of ether oxygens (including phenoxy) is 2. The van der Waals surface area contributed by atoms with Crippen LogP contribution in [-0.2, 0) is 20.9 Å². The Hall–Kier alpha value is -3.46. The molecule has 9 heteroatoms. The molecule has 0 aromatic heterocycles. The van der Waals surface area contributed by atoms with E-state index in [9.17, 15) is 24.8 Å². The van der Waals surface area contributed by atoms with Crippen molar-refractivity contribution in [1.82, 2.24) is 5.32 Å². The molecular weight excluding hydrogens is 392 g/mol. The number of hydrogen-bond donors (Lipinski definition) is 2. The maximum Gasteiger partial charge on any atom is 0.408 e. The second kappa shape index (κ2) is 9.84. The van der Waals surface area contributed by atoms with E-state index < -0.39 is 34.7 Å². The standard InChI is InChI=1S/C21H24N2O7/c1-21(2,3)30-20(26)22-17(15-9-11-16(12-10-15)23(27)28)18(24)19(25)29-13-14-7-5-4-6-8-14/h4-12,17-18,24H,13H2,1-3H3,(H,22,26)/t17-,18+/m0/s1. The third-order valence-electron chi connectivity index (χ3n) is 3.92. The van der Waals surface area contributed by atoms with Gasteiger partial charge in [-0.1, -0.05) is 42.5 Å². The van der Waals surface area contributed by atoms with E-state index in [0.717, 1.165) is 5.56 Å². The third-order valence-corrected chi connectivity index (χ3v) is 3.92. The lowest BCUT2D eigenvalue weighted by molar-refractivity contribution is -0.384. The minimum Gasteiger partial charge on any atom is -0.459 e. The van der Waals surface area contributed by atoms with E-state index in [1.807, 2.05) is 6.07 Å². The molecule has 0 aliphatic carbocycles. The summed E-state index contributed by atoms with van der Waals surface area (Å²) in [7, 11) is 0. The summed E-state index contributed by atoms with van der Waals surface area (Å²) in [6.07, 6.45) is -2.62. The smallest absolute Gasteiger partial charge is 0.408 e. The number of nitrogens with one attached hydrogen (secondary N) is 1. The number of hydrogen-bond acceptors (Lipinski definition) is 7. The molecule has 0 fully saturated rings. The van der Waals surface area contributed by atoms with Gasteiger partial charge in [0.05, 0.1) is 11.0 Å². The number of nitro benzene ring substituents is 1. The number of carbonyl (C=O) groups is 2. The summed E-state index contributed by atoms with van der Waals surface area (Å²) in [4.78, 5) is 34.9. The van der Waals surface area contributed by atoms with Gasteiger partial charge in [-0.25, -0.2) is 9.59 Å². The zero-order valence-electron chi connectivity index (χ0n) is 16.9. The van der Waals surface area contributed by atoms with Crippen molar-refractivity contribution in [2.75, 3.05) is 0 Å². The molecule has 2 atom stereocenters. The Bertz CT molecular complexity index is 876. The fourth-order valence-electron chi connectivity index (χ4n) is 2.53. The number of aliphatic hydroxyl groups is 1. The van der Waals surface area contributed by atoms with E-state index >= 15 is 0 Å². The lowest BCUT2D eigenvalue weighted by atomic mass is 10.0. The Morgan fingerprint density at radius 3 is 2.23 bits per heavy atom. The van der Waals surface area contributed by atoms with Gasteiger partial charge in [-0.3, -0.25) is 10.1 Å². The van der Waals surface area contributed by atoms with Gasteiger partial charge < -0.3 is 19.9 Å². The van der Waals surface area contributed by atoms with Crippen molar-refractivity contribution in [1.29, 1.82) is 0 Å². The number of nitro groups is 1. The molecule has 2 N–H and O–H groups in total. The van der Waals surface area contributed by atoms with E-state index in [4.69, 9.17) is 9.47 Å². The van der Waals surface area contributed by atoms with Gasteiger partial charge in [-0.2, -0.15) is 0 Å². The van der Waals surface area contributed by atoms with Crippen LogP contribution in [0.15, 0.2) is 54.6 Å². The first kappa shape index (κ1) is 22.8. The predicted octanol–water partition coefficient (Wildman–Crippen LogP) is 3.26. The molecule has 0 spiro atoms. The molecule has 160 valence electrons. The van der Waals surface area contributed by atoms with Gasteiger partial charge in [0, 0.05) is 12.1 Å². The lowest BCUT2D eigenvalue weighted by Crippen LogP contribution is -2.43. The number of carbonyl (C=O) groups excluding carboxylic acids is 2. The van der Waals surface area contributed by atoms with Crippen molar-refractivity contribution < 1.29 is 29.1 Å². The fraction of sp³-hybridized carbons (Fsp3) is 0.333. The Balaban J connectivity index is 2.18. The maximum atomic E-state index is 12.4. The molecule has 2 rings (SSSR count). The predicted molar refractivity (Wildman–Crippen MR) is 107 cm³/mol. The molecule has 0 unspecified atom stereocenters. The second-order valence-electron chi connectivity index (χ2n) is 7.51. The SMILES string of the molecule is CC(C)(C)OC(=O)N[C@@H](c1ccc([N+](=O)[O-])cc1)[C@@H](O)C(=O)OCc1ccccc1. The number of aliphatic hydroxyl groups excluding tert-OH is 1. The van der Waals surface area contributed by atoms with Crippen molar-refractivity contribution in [3.63, 3.8) is 0 Å². The van der Waals surface area contributed by atoms with Gasteiger partial charge in [-0.05, 0) is 31.9 Å². The first-order valence-electron chi connectivity index (χ1n) is 9.19. The van der Waals surface area contributed by atoms with Crippen LogP contribution in [0, 0.1) is 10.1 Å². The van der Waals surface area contributed by atoms with E-state index in [1.54, 1.807) is 45.0 Å². The number of non-ortho nitro benzene ring substituents is 1. The molecule has 9 nitrogen and oxygen atoms in total. The van der Waals surface area contributed by atoms with Gasteiger partial charge >= 0.3 is 12.1 Å². The van der Waals surface area contributed by atoms with Crippen LogP contribution in [0.2, 0.25) is 0 Å². The van der Waals surface area contributed by atoms with Gasteiger partial charge in [0.2, 0.25) is 0 Å². The summed E-state index contributed by atoms with van der Waals surface area (Å²) in [5, 5.41) is 23.9. The summed E-state index contributed by atoms with van der Waals surface area (Å²) in [5.74, 6) is -0.960. The average Bonchev–Trinajstić information content (AvgIpc) is 2.69. The topological polar surface area (TPSA) is 128 Å². The molecule has 0 radical (unpaired) electrons. The van der Waals surface area contributed by atoms with Crippen LogP contribution in [0.4, 0.5) is 10.5 Å². The van der Waals surface area contributed by atoms with Crippen LogP contribution in [0.1, 0.15) is 37.9 Å². The van der Waals surface area contributed by atoms with Crippen molar-refractivity contribution in [3.05, 3.63) is 75.8 Å². The summed E-state index contributed by atoms with van der Waals surface area (Å²) >= 11 is 0. The zero-order chi connectivity index (χ0) is 22.3. The Kier molecular flexibility index (Phi) is 7.48. The summed E-state index contributed by atoms with van der Waals surface area (Å²) in [6.45, 7) is 4.93. The number of nitrogens with zero attached hydrogens (tertiary/aromatic N) is 1. The van der Waals surface area contributed by atoms with E-state index in [0.29, 0.717) is 0 Å². The molecule has 1 amide bonds. The summed E-state index contributed by atoms with van der Waals surface area (Å²) < 4.78 is 10.3. The van der Waals surface area contributed by atoms with Gasteiger partial charge in [0.1, 0.15) is 12.2 Å². The highest BCUT2D eigenvalue weighted by molar-refractivity contribution is 5.77. The second-order valence-corrected chi connectivity index (χ2v) is 7.51. The van der Waals surface area contributed by atoms with Crippen molar-refractivity contribution >= 4 is 17.7 Å². The Morgan fingerprint density at radius 2 is 1.70 bits per heavy atom. The van der Waals surface area contributed by atoms with Crippen LogP contribution in [-0.4, -0.2) is 33.8 Å². The van der Waals surface area contributed by atoms with E-state index in [2.05, 4.69) is 5.32 Å². The molecule has 0 saturated carbocycles. The Labute approximate surface area is 173 Å². The molecular formula is C21H24N2O7. The van der Waals surface area contributed by atoms with Crippen LogP contribution in [0.25, 0.3) is 0 Å². The highest BCUT2D eigenvalue weighted by Gasteiger charge is 2.32. The minimum atomic E-state index is -1.76. The van der Waals surface area contributed by atoms with Gasteiger partial charge in [-0.15, -0.1) is 0 Å². The molecule has 2 aromatic rings. The van der Waals surface area contributed by atoms with Crippen LogP contribution in [0.5, 0.6) is 0 Å². The highest BCUT2D eigenvalue weighted by atomic mass is 16.6. The molecule has 0 saturated heterocycles. The molecule has 0 aliphatic rings. The Morgan fingerprint density at radius 1 is 1.10 bits per heavy atom. The number of rotatable bonds is 7. The minimum absolute atomic E-state index is 0.0594. The average molecular weight is 416 g/mol. The number of alkyl carbamates (subject to hydrolysis) is 1. The zero-order valence-corrected chi connectivity index (χ0v) is 16.9. The summed E-state index contributed by atoms with van der Waals surface area (Å²) in [6, 6.07) is 12.8. The monoisotopic (exact) mass is 416 g/mol. The van der Waals surface area contributed by atoms with Crippen LogP contribution in [0.3, 0.4) is 0 Å². The summed E-state index contributed by atoms with van der Waals surface area (Å²) in [5.41, 5.74) is 0.0275. The van der Waals surface area contributed by atoms with Gasteiger partial charge in [0.25, 0.3) is 5.69 Å². The van der Waals surface area contributed by atoms with Crippen LogP contribution < -0.4 is 5.32 Å². The molecule has 0 aliphatic heterocycles. The first-order chi connectivity index (χ1) is 14.1. The van der Waals surface area contributed by atoms with Crippen molar-refractivity contribution in [2.24, 2.45) is 0 Å². The van der Waals surface area contributed by atoms with Crippen LogP contribution >= 0.6 is 0 Å². The molecule has 0 bridgehead atoms. The quantitative estimate of drug-likeness (QED) is 0.403. The fourth-order valence-corrected chi connectivity index (χ4v) is 2.53. The first-order valence-corrected chi connectivity index (χ1v) is 9.19. The van der Waals surface area contributed by atoms with Crippen molar-refractivity contribution in [2.45, 2.75) is 45.1 Å². The molecule has 2 aromatic carbocycles. The highest BCUT2D eigenvalue weighted by Crippen LogP contribution is 2.22. The lowest BCUT2D eigenvalue weighted by Gasteiger charge is -2.26. The van der Waals surface area contributed by atoms with E-state index in [-0.39, 0.29) is 17.9 Å². The third kappa shape index (κ3) is 6.85. The number of amides is 1. The van der Waals surface area contributed by atoms with Gasteiger partial charge in [0.15, 0.2) is 6.10 Å². The number of benzene rings is 2. The largest absolute Gasteiger partial charge is 0.459 e. The maximum absolute atomic E-state index is 12.4. The molecule has 30 heavy (non-hydrogen) atoms. The molecule has 0 heterocycles. The van der Waals surface area contributed by atoms with Crippen molar-refractivity contribution in [3.8, 4) is 0 Å².